The summed E-state index contributed by atoms with van der Waals surface area (Å²) in [6.45, 7) is 4.93. The van der Waals surface area contributed by atoms with Crippen LogP contribution >= 0.6 is 11.3 Å². The molecule has 0 aliphatic carbocycles. The molecule has 2 rings (SSSR count). The summed E-state index contributed by atoms with van der Waals surface area (Å²) >= 11 is 1.67. The molecule has 4 heteroatoms. The van der Waals surface area contributed by atoms with Gasteiger partial charge >= 0.3 is 0 Å². The first-order valence-electron chi connectivity index (χ1n) is 4.39. The minimum atomic E-state index is 0.491. The SMILES string of the molecule is CC(C)c1[nH]nc2sc(CN)cc12. The molecule has 0 fully saturated rings. The van der Waals surface area contributed by atoms with Crippen LogP contribution in [0, 0.1) is 0 Å². The first-order chi connectivity index (χ1) is 6.22. The van der Waals surface area contributed by atoms with Crippen LogP contribution in [0.1, 0.15) is 30.3 Å². The Labute approximate surface area is 81.0 Å². The Kier molecular flexibility index (Phi) is 2.09. The molecular formula is C9H13N3S. The molecule has 3 nitrogen and oxygen atoms in total. The highest BCUT2D eigenvalue weighted by Gasteiger charge is 2.11. The summed E-state index contributed by atoms with van der Waals surface area (Å²) in [6, 6.07) is 2.14. The van der Waals surface area contributed by atoms with E-state index in [4.69, 9.17) is 5.73 Å². The van der Waals surface area contributed by atoms with Crippen molar-refractivity contribution in [1.82, 2.24) is 10.2 Å². The Hall–Kier alpha value is -0.870. The summed E-state index contributed by atoms with van der Waals surface area (Å²) in [7, 11) is 0. The van der Waals surface area contributed by atoms with Crippen LogP contribution in [0.15, 0.2) is 6.07 Å². The van der Waals surface area contributed by atoms with Gasteiger partial charge in [0.05, 0.1) is 0 Å². The first kappa shape index (κ1) is 8.72. The van der Waals surface area contributed by atoms with Gasteiger partial charge in [-0.3, -0.25) is 5.10 Å². The molecule has 0 saturated carbocycles. The van der Waals surface area contributed by atoms with Crippen LogP contribution in [0.25, 0.3) is 10.2 Å². The number of rotatable bonds is 2. The minimum absolute atomic E-state index is 0.491. The Balaban J connectivity index is 2.58. The van der Waals surface area contributed by atoms with Crippen molar-refractivity contribution in [2.45, 2.75) is 26.3 Å². The minimum Gasteiger partial charge on any atom is -0.326 e. The van der Waals surface area contributed by atoms with E-state index >= 15 is 0 Å². The highest BCUT2D eigenvalue weighted by atomic mass is 32.1. The van der Waals surface area contributed by atoms with Crippen molar-refractivity contribution in [1.29, 1.82) is 0 Å². The van der Waals surface area contributed by atoms with Gasteiger partial charge in [-0.2, -0.15) is 5.10 Å². The zero-order valence-corrected chi connectivity index (χ0v) is 8.61. The maximum absolute atomic E-state index is 5.57. The molecule has 0 radical (unpaired) electrons. The molecule has 2 heterocycles. The predicted octanol–water partition coefficient (Wildman–Crippen LogP) is 2.21. The van der Waals surface area contributed by atoms with Gasteiger partial charge in [0.15, 0.2) is 0 Å². The van der Waals surface area contributed by atoms with Crippen LogP contribution in [-0.4, -0.2) is 10.2 Å². The lowest BCUT2D eigenvalue weighted by atomic mass is 10.1. The quantitative estimate of drug-likeness (QED) is 0.772. The number of thiophene rings is 1. The molecule has 2 aromatic rings. The summed E-state index contributed by atoms with van der Waals surface area (Å²) in [5.41, 5.74) is 6.79. The molecule has 0 atom stereocenters. The van der Waals surface area contributed by atoms with Crippen LogP contribution in [0.2, 0.25) is 0 Å². The summed E-state index contributed by atoms with van der Waals surface area (Å²) < 4.78 is 0. The Morgan fingerprint density at radius 1 is 1.62 bits per heavy atom. The monoisotopic (exact) mass is 195 g/mol. The van der Waals surface area contributed by atoms with Crippen molar-refractivity contribution in [3.63, 3.8) is 0 Å². The lowest BCUT2D eigenvalue weighted by Gasteiger charge is -1.98. The molecule has 0 spiro atoms. The molecule has 0 amide bonds. The summed E-state index contributed by atoms with van der Waals surface area (Å²) in [4.78, 5) is 2.28. The number of hydrogen-bond acceptors (Lipinski definition) is 3. The average Bonchev–Trinajstić information content (AvgIpc) is 2.59. The van der Waals surface area contributed by atoms with Crippen LogP contribution in [0.4, 0.5) is 0 Å². The molecule has 0 aromatic carbocycles. The van der Waals surface area contributed by atoms with E-state index in [0.717, 1.165) is 4.83 Å². The lowest BCUT2D eigenvalue weighted by molar-refractivity contribution is 0.818. The molecule has 13 heavy (non-hydrogen) atoms. The number of hydrogen-bond donors (Lipinski definition) is 2. The Morgan fingerprint density at radius 3 is 3.00 bits per heavy atom. The lowest BCUT2D eigenvalue weighted by Crippen LogP contribution is -1.92. The second kappa shape index (κ2) is 3.12. The van der Waals surface area contributed by atoms with E-state index < -0.39 is 0 Å². The van der Waals surface area contributed by atoms with Crippen molar-refractivity contribution in [3.05, 3.63) is 16.6 Å². The highest BCUT2D eigenvalue weighted by Crippen LogP contribution is 2.29. The standard InChI is InChI=1S/C9H13N3S/c1-5(2)8-7-3-6(4-10)13-9(7)12-11-8/h3,5H,4,10H2,1-2H3,(H,11,12). The zero-order chi connectivity index (χ0) is 9.42. The highest BCUT2D eigenvalue weighted by molar-refractivity contribution is 7.18. The van der Waals surface area contributed by atoms with Gasteiger partial charge in [-0.25, -0.2) is 0 Å². The fourth-order valence-electron chi connectivity index (χ4n) is 1.42. The van der Waals surface area contributed by atoms with Crippen molar-refractivity contribution in [3.8, 4) is 0 Å². The van der Waals surface area contributed by atoms with Gasteiger partial charge < -0.3 is 5.73 Å². The van der Waals surface area contributed by atoms with Gasteiger partial charge in [-0.1, -0.05) is 13.8 Å². The van der Waals surface area contributed by atoms with E-state index in [-0.39, 0.29) is 0 Å². The molecule has 3 N–H and O–H groups in total. The second-order valence-electron chi connectivity index (χ2n) is 3.43. The second-order valence-corrected chi connectivity index (χ2v) is 4.54. The topological polar surface area (TPSA) is 54.7 Å². The maximum atomic E-state index is 5.57. The number of aromatic nitrogens is 2. The van der Waals surface area contributed by atoms with Crippen molar-refractivity contribution in [2.24, 2.45) is 5.73 Å². The van der Waals surface area contributed by atoms with Crippen molar-refractivity contribution < 1.29 is 0 Å². The van der Waals surface area contributed by atoms with E-state index in [2.05, 4.69) is 30.1 Å². The van der Waals surface area contributed by atoms with E-state index in [1.54, 1.807) is 11.3 Å². The predicted molar refractivity (Wildman–Crippen MR) is 56.0 cm³/mol. The molecular weight excluding hydrogens is 182 g/mol. The van der Waals surface area contributed by atoms with Crippen LogP contribution < -0.4 is 5.73 Å². The summed E-state index contributed by atoms with van der Waals surface area (Å²) in [6.07, 6.45) is 0. The average molecular weight is 195 g/mol. The van der Waals surface area contributed by atoms with Gasteiger partial charge in [-0.15, -0.1) is 11.3 Å². The number of nitrogens with zero attached hydrogens (tertiary/aromatic N) is 1. The number of H-pyrrole nitrogens is 1. The third kappa shape index (κ3) is 1.36. The van der Waals surface area contributed by atoms with E-state index in [1.165, 1.54) is 16.0 Å². The summed E-state index contributed by atoms with van der Waals surface area (Å²) in [5, 5.41) is 8.55. The van der Waals surface area contributed by atoms with Gasteiger partial charge in [0.1, 0.15) is 4.83 Å². The van der Waals surface area contributed by atoms with Crippen LogP contribution in [0.3, 0.4) is 0 Å². The molecule has 2 aromatic heterocycles. The third-order valence-corrected chi connectivity index (χ3v) is 3.16. The number of fused-ring (bicyclic) bond motifs is 1. The Bertz CT molecular complexity index is 413. The molecule has 70 valence electrons. The van der Waals surface area contributed by atoms with E-state index in [1.807, 2.05) is 0 Å². The van der Waals surface area contributed by atoms with Crippen molar-refractivity contribution in [2.75, 3.05) is 0 Å². The Morgan fingerprint density at radius 2 is 2.38 bits per heavy atom. The fourth-order valence-corrected chi connectivity index (χ4v) is 2.30. The molecule has 0 aliphatic heterocycles. The van der Waals surface area contributed by atoms with E-state index in [9.17, 15) is 0 Å². The van der Waals surface area contributed by atoms with Gasteiger partial charge in [0.2, 0.25) is 0 Å². The van der Waals surface area contributed by atoms with Gasteiger partial charge in [0.25, 0.3) is 0 Å². The van der Waals surface area contributed by atoms with Crippen molar-refractivity contribution >= 4 is 21.6 Å². The zero-order valence-electron chi connectivity index (χ0n) is 7.79. The number of nitrogens with one attached hydrogen (secondary N) is 1. The molecule has 0 aliphatic rings. The molecule has 0 bridgehead atoms. The summed E-state index contributed by atoms with van der Waals surface area (Å²) in [5.74, 6) is 0.491. The third-order valence-electron chi connectivity index (χ3n) is 2.11. The van der Waals surface area contributed by atoms with Crippen LogP contribution in [-0.2, 0) is 6.54 Å². The smallest absolute Gasteiger partial charge is 0.145 e. The normalized spacial score (nSPS) is 11.7. The van der Waals surface area contributed by atoms with Gasteiger partial charge in [0, 0.05) is 22.5 Å². The van der Waals surface area contributed by atoms with E-state index in [0.29, 0.717) is 12.5 Å². The largest absolute Gasteiger partial charge is 0.326 e. The number of aromatic amines is 1. The fraction of sp³-hybridized carbons (Fsp3) is 0.444. The number of nitrogens with two attached hydrogens (primary N) is 1. The molecule has 0 saturated heterocycles. The van der Waals surface area contributed by atoms with Gasteiger partial charge in [-0.05, 0) is 12.0 Å². The van der Waals surface area contributed by atoms with Crippen LogP contribution in [0.5, 0.6) is 0 Å². The first-order valence-corrected chi connectivity index (χ1v) is 5.20. The molecule has 0 unspecified atom stereocenters. The maximum Gasteiger partial charge on any atom is 0.145 e.